The molecule has 1 aromatic rings. The molecular formula is C20H30N2O3. The van der Waals surface area contributed by atoms with Crippen LogP contribution < -0.4 is 5.32 Å². The Balaban J connectivity index is 1.51. The molecule has 5 heteroatoms. The Hall–Kier alpha value is -1.43. The number of aliphatic hydroxyl groups excluding tert-OH is 1. The normalized spacial score (nSPS) is 25.9. The zero-order valence-corrected chi connectivity index (χ0v) is 15.0. The van der Waals surface area contributed by atoms with E-state index in [-0.39, 0.29) is 17.9 Å². The molecule has 1 aliphatic heterocycles. The summed E-state index contributed by atoms with van der Waals surface area (Å²) in [6.07, 6.45) is 4.13. The van der Waals surface area contributed by atoms with Crippen molar-refractivity contribution in [2.45, 2.75) is 32.2 Å². The van der Waals surface area contributed by atoms with Gasteiger partial charge in [-0.15, -0.1) is 0 Å². The van der Waals surface area contributed by atoms with Gasteiger partial charge >= 0.3 is 0 Å². The average molecular weight is 346 g/mol. The molecule has 2 fully saturated rings. The monoisotopic (exact) mass is 346 g/mol. The Bertz CT molecular complexity index is 551. The van der Waals surface area contributed by atoms with Crippen LogP contribution in [-0.4, -0.2) is 55.4 Å². The molecule has 25 heavy (non-hydrogen) atoms. The fraction of sp³-hybridized carbons (Fsp3) is 0.650. The fourth-order valence-corrected chi connectivity index (χ4v) is 4.45. The Morgan fingerprint density at radius 3 is 2.96 bits per heavy atom. The van der Waals surface area contributed by atoms with Crippen molar-refractivity contribution in [1.29, 1.82) is 0 Å². The number of nitrogens with one attached hydrogen (secondary N) is 1. The lowest BCUT2D eigenvalue weighted by Crippen LogP contribution is -2.44. The summed E-state index contributed by atoms with van der Waals surface area (Å²) in [7, 11) is 0. The number of nitrogens with zero attached hydrogens (tertiary/aromatic N) is 1. The van der Waals surface area contributed by atoms with Crippen LogP contribution in [0.25, 0.3) is 0 Å². The summed E-state index contributed by atoms with van der Waals surface area (Å²) in [6, 6.07) is 10.5. The van der Waals surface area contributed by atoms with Crippen molar-refractivity contribution in [3.05, 3.63) is 35.9 Å². The highest BCUT2D eigenvalue weighted by Gasteiger charge is 2.54. The van der Waals surface area contributed by atoms with Crippen molar-refractivity contribution >= 4 is 5.91 Å². The number of carbonyl (C=O) groups is 1. The van der Waals surface area contributed by atoms with Crippen LogP contribution in [0.4, 0.5) is 0 Å². The summed E-state index contributed by atoms with van der Waals surface area (Å²) < 4.78 is 5.25. The molecule has 1 saturated carbocycles. The van der Waals surface area contributed by atoms with E-state index in [4.69, 9.17) is 9.84 Å². The zero-order valence-electron chi connectivity index (χ0n) is 15.0. The number of rotatable bonds is 9. The maximum atomic E-state index is 12.9. The summed E-state index contributed by atoms with van der Waals surface area (Å²) in [5.74, 6) is 0.717. The molecule has 1 heterocycles. The van der Waals surface area contributed by atoms with Gasteiger partial charge in [-0.1, -0.05) is 36.8 Å². The van der Waals surface area contributed by atoms with E-state index in [1.165, 1.54) is 12.0 Å². The molecular weight excluding hydrogens is 316 g/mol. The first-order valence-electron chi connectivity index (χ1n) is 9.48. The summed E-state index contributed by atoms with van der Waals surface area (Å²) in [6.45, 7) is 4.49. The Morgan fingerprint density at radius 1 is 1.32 bits per heavy atom. The molecule has 1 amide bonds. The van der Waals surface area contributed by atoms with Crippen LogP contribution in [0.15, 0.2) is 30.3 Å². The summed E-state index contributed by atoms with van der Waals surface area (Å²) >= 11 is 0. The van der Waals surface area contributed by atoms with Crippen LogP contribution in [0.2, 0.25) is 0 Å². The van der Waals surface area contributed by atoms with Crippen molar-refractivity contribution in [3.8, 4) is 0 Å². The van der Waals surface area contributed by atoms with E-state index in [0.717, 1.165) is 38.9 Å². The average Bonchev–Trinajstić information content (AvgIpc) is 3.16. The standard InChI is InChI=1S/C20H30N2O3/c23-11-13-25-12-5-10-21-19(24)20-9-4-8-18(20)15-22(16-20)14-17-6-2-1-3-7-17/h1-3,6-7,18,23H,4-5,8-16H2,(H,21,24)/t18-,20-/m0/s1. The van der Waals surface area contributed by atoms with Crippen LogP contribution >= 0.6 is 0 Å². The van der Waals surface area contributed by atoms with Gasteiger partial charge in [-0.2, -0.15) is 0 Å². The number of benzene rings is 1. The first-order chi connectivity index (χ1) is 12.2. The zero-order chi connectivity index (χ0) is 17.5. The minimum Gasteiger partial charge on any atom is -0.394 e. The van der Waals surface area contributed by atoms with E-state index in [0.29, 0.717) is 25.7 Å². The number of aliphatic hydroxyl groups is 1. The summed E-state index contributed by atoms with van der Waals surface area (Å²) in [4.78, 5) is 15.4. The van der Waals surface area contributed by atoms with Gasteiger partial charge in [0.1, 0.15) is 0 Å². The van der Waals surface area contributed by atoms with Gasteiger partial charge in [-0.25, -0.2) is 0 Å². The molecule has 0 radical (unpaired) electrons. The van der Waals surface area contributed by atoms with Gasteiger partial charge in [0, 0.05) is 32.8 Å². The van der Waals surface area contributed by atoms with Gasteiger partial charge in [0.15, 0.2) is 0 Å². The quantitative estimate of drug-likeness (QED) is 0.670. The maximum absolute atomic E-state index is 12.9. The van der Waals surface area contributed by atoms with Gasteiger partial charge in [-0.3, -0.25) is 9.69 Å². The summed E-state index contributed by atoms with van der Waals surface area (Å²) in [5.41, 5.74) is 1.12. The molecule has 1 saturated heterocycles. The van der Waals surface area contributed by atoms with Crippen LogP contribution in [0.3, 0.4) is 0 Å². The molecule has 0 aromatic heterocycles. The smallest absolute Gasteiger partial charge is 0.227 e. The summed E-state index contributed by atoms with van der Waals surface area (Å²) in [5, 5.41) is 11.8. The van der Waals surface area contributed by atoms with Crippen LogP contribution in [0.5, 0.6) is 0 Å². The first-order valence-corrected chi connectivity index (χ1v) is 9.48. The number of fused-ring (bicyclic) bond motifs is 1. The van der Waals surface area contributed by atoms with Gasteiger partial charge in [0.2, 0.25) is 5.91 Å². The minimum atomic E-state index is -0.194. The molecule has 0 unspecified atom stereocenters. The second-order valence-electron chi connectivity index (χ2n) is 7.35. The van der Waals surface area contributed by atoms with Crippen molar-refractivity contribution in [2.24, 2.45) is 11.3 Å². The molecule has 2 aliphatic rings. The first kappa shape index (κ1) is 18.4. The molecule has 1 aliphatic carbocycles. The molecule has 138 valence electrons. The van der Waals surface area contributed by atoms with Gasteiger partial charge in [0.25, 0.3) is 0 Å². The predicted molar refractivity (Wildman–Crippen MR) is 97.0 cm³/mol. The fourth-order valence-electron chi connectivity index (χ4n) is 4.45. The largest absolute Gasteiger partial charge is 0.394 e. The molecule has 3 rings (SSSR count). The predicted octanol–water partition coefficient (Wildman–Crippen LogP) is 1.80. The Kier molecular flexibility index (Phi) is 6.45. The van der Waals surface area contributed by atoms with Crippen LogP contribution in [0, 0.1) is 11.3 Å². The number of hydrogen-bond acceptors (Lipinski definition) is 4. The van der Waals surface area contributed by atoms with Crippen LogP contribution in [-0.2, 0) is 16.1 Å². The number of ether oxygens (including phenoxy) is 1. The number of hydrogen-bond donors (Lipinski definition) is 2. The molecule has 5 nitrogen and oxygen atoms in total. The van der Waals surface area contributed by atoms with E-state index in [9.17, 15) is 4.79 Å². The van der Waals surface area contributed by atoms with Gasteiger partial charge in [0.05, 0.1) is 18.6 Å². The highest BCUT2D eigenvalue weighted by atomic mass is 16.5. The van der Waals surface area contributed by atoms with Crippen molar-refractivity contribution in [1.82, 2.24) is 10.2 Å². The molecule has 1 aromatic carbocycles. The SMILES string of the molecule is O=C(NCCCOCCO)[C@]12CCC[C@H]1CN(Cc1ccccc1)C2. The van der Waals surface area contributed by atoms with Crippen molar-refractivity contribution in [2.75, 3.05) is 39.5 Å². The lowest BCUT2D eigenvalue weighted by atomic mass is 9.80. The lowest BCUT2D eigenvalue weighted by molar-refractivity contribution is -0.131. The third-order valence-electron chi connectivity index (χ3n) is 5.63. The number of amides is 1. The highest BCUT2D eigenvalue weighted by molar-refractivity contribution is 5.84. The second-order valence-corrected chi connectivity index (χ2v) is 7.35. The van der Waals surface area contributed by atoms with Gasteiger partial charge in [-0.05, 0) is 30.7 Å². The number of likely N-dealkylation sites (tertiary alicyclic amines) is 1. The van der Waals surface area contributed by atoms with Gasteiger partial charge < -0.3 is 15.2 Å². The van der Waals surface area contributed by atoms with Crippen molar-refractivity contribution < 1.29 is 14.6 Å². The van der Waals surface area contributed by atoms with Crippen molar-refractivity contribution in [3.63, 3.8) is 0 Å². The maximum Gasteiger partial charge on any atom is 0.227 e. The second kappa shape index (κ2) is 8.79. The van der Waals surface area contributed by atoms with Crippen LogP contribution in [0.1, 0.15) is 31.2 Å². The van der Waals surface area contributed by atoms with E-state index < -0.39 is 0 Å². The lowest BCUT2D eigenvalue weighted by Gasteiger charge is -2.27. The minimum absolute atomic E-state index is 0.0500. The van der Waals surface area contributed by atoms with E-state index >= 15 is 0 Å². The highest BCUT2D eigenvalue weighted by Crippen LogP contribution is 2.49. The number of carbonyl (C=O) groups excluding carboxylic acids is 1. The van der Waals surface area contributed by atoms with E-state index in [2.05, 4.69) is 34.5 Å². The third-order valence-corrected chi connectivity index (χ3v) is 5.63. The molecule has 0 bridgehead atoms. The molecule has 2 atom stereocenters. The topological polar surface area (TPSA) is 61.8 Å². The van der Waals surface area contributed by atoms with E-state index in [1.54, 1.807) is 0 Å². The Morgan fingerprint density at radius 2 is 2.16 bits per heavy atom. The molecule has 2 N–H and O–H groups in total. The van der Waals surface area contributed by atoms with E-state index in [1.807, 2.05) is 6.07 Å². The molecule has 0 spiro atoms. The third kappa shape index (κ3) is 4.40. The Labute approximate surface area is 150 Å².